The Morgan fingerprint density at radius 2 is 1.72 bits per heavy atom. The fourth-order valence-electron chi connectivity index (χ4n) is 7.48. The van der Waals surface area contributed by atoms with Crippen molar-refractivity contribution in [3.8, 4) is 22.2 Å². The van der Waals surface area contributed by atoms with E-state index >= 15 is 4.39 Å². The summed E-state index contributed by atoms with van der Waals surface area (Å²) in [5, 5.41) is 32.1. The summed E-state index contributed by atoms with van der Waals surface area (Å²) in [6, 6.07) is 21.7. The Morgan fingerprint density at radius 1 is 1.00 bits per heavy atom. The molecule has 1 amide bonds. The first-order valence-electron chi connectivity index (χ1n) is 18.8. The first kappa shape index (κ1) is 39.8. The third-order valence-corrected chi connectivity index (χ3v) is 13.3. The molecule has 4 aromatic carbocycles. The van der Waals surface area contributed by atoms with Crippen LogP contribution in [-0.2, 0) is 14.8 Å². The van der Waals surface area contributed by atoms with E-state index in [0.717, 1.165) is 32.1 Å². The summed E-state index contributed by atoms with van der Waals surface area (Å²) in [6.07, 6.45) is 1.26. The van der Waals surface area contributed by atoms with Gasteiger partial charge in [-0.3, -0.25) is 23.9 Å². The van der Waals surface area contributed by atoms with Crippen molar-refractivity contribution in [2.75, 3.05) is 4.72 Å². The van der Waals surface area contributed by atoms with Crippen molar-refractivity contribution in [3.63, 3.8) is 0 Å². The van der Waals surface area contributed by atoms with Gasteiger partial charge < -0.3 is 15.4 Å². The molecule has 0 radical (unpaired) electrons. The molecule has 13 nitrogen and oxygen atoms in total. The minimum Gasteiger partial charge on any atom is -0.481 e. The molecule has 7 aromatic rings. The molecule has 302 valence electrons. The third kappa shape index (κ3) is 7.11. The first-order valence-corrected chi connectivity index (χ1v) is 21.1. The largest absolute Gasteiger partial charge is 0.481 e. The highest BCUT2D eigenvalue weighted by Crippen LogP contribution is 2.40. The number of fused-ring (bicyclic) bond motifs is 4. The number of hydrogen-bond donors (Lipinski definition) is 4. The molecule has 0 bridgehead atoms. The van der Waals surface area contributed by atoms with Gasteiger partial charge in [0, 0.05) is 38.7 Å². The number of carbonyl (C=O) groups is 2. The van der Waals surface area contributed by atoms with Crippen LogP contribution in [0.3, 0.4) is 0 Å². The molecule has 4 heterocycles. The van der Waals surface area contributed by atoms with E-state index < -0.39 is 39.8 Å². The monoisotopic (exact) mass is 840 g/mol. The van der Waals surface area contributed by atoms with Gasteiger partial charge in [0.2, 0.25) is 0 Å². The molecule has 1 unspecified atom stereocenters. The van der Waals surface area contributed by atoms with Crippen LogP contribution in [0.15, 0.2) is 94.9 Å². The number of sulfonamides is 1. The molecular formula is C44H37FN8O5S2. The fraction of sp³-hybridized carbons (Fsp3) is 0.182. The summed E-state index contributed by atoms with van der Waals surface area (Å²) in [4.78, 5) is 34.2. The van der Waals surface area contributed by atoms with Crippen LogP contribution in [0, 0.1) is 44.8 Å². The number of thiophene rings is 1. The van der Waals surface area contributed by atoms with Crippen molar-refractivity contribution in [3.05, 3.63) is 146 Å². The zero-order valence-corrected chi connectivity index (χ0v) is 34.6. The molecule has 3 aromatic heterocycles. The van der Waals surface area contributed by atoms with Gasteiger partial charge in [-0.05, 0) is 87.2 Å². The number of halogens is 1. The average Bonchev–Trinajstić information content (AvgIpc) is 3.90. The molecule has 4 N–H and O–H groups in total. The molecule has 1 aliphatic heterocycles. The minimum absolute atomic E-state index is 0.00242. The Labute approximate surface area is 348 Å². The van der Waals surface area contributed by atoms with Gasteiger partial charge in [0.25, 0.3) is 15.9 Å². The molecule has 8 rings (SSSR count). The van der Waals surface area contributed by atoms with Crippen LogP contribution in [0.5, 0.6) is 0 Å². The third-order valence-electron chi connectivity index (χ3n) is 10.8. The molecular weight excluding hydrogens is 804 g/mol. The standard InChI is InChI=1S/C44H37FN8O5S2/c1-22-6-17-35(41-38(22)31(20-46)21-47-41)52-60(57,58)32-14-11-27(12-15-32)24(3)48-43(56)30-13-16-33(34(45)18-30)28-7-9-29(10-8-28)40-39-23(2)25(4)59-44(39)53-26(5)50-51-42(53)36(49-40)19-37(54)55/h6-18,21,24,36,47,52H,19H2,1-5H3,(H,48,56)(H,54,55)/t24?,36-/m0/s1. The highest BCUT2D eigenvalue weighted by molar-refractivity contribution is 7.92. The van der Waals surface area contributed by atoms with Gasteiger partial charge in [0.1, 0.15) is 28.8 Å². The van der Waals surface area contributed by atoms with E-state index in [-0.39, 0.29) is 22.4 Å². The number of nitrogens with zero attached hydrogens (tertiary/aromatic N) is 5. The summed E-state index contributed by atoms with van der Waals surface area (Å²) in [5.74, 6) is -1.05. The molecule has 1 aliphatic rings. The Morgan fingerprint density at radius 3 is 2.40 bits per heavy atom. The number of aliphatic carboxylic acids is 1. The predicted molar refractivity (Wildman–Crippen MR) is 227 cm³/mol. The smallest absolute Gasteiger partial charge is 0.306 e. The Balaban J connectivity index is 0.977. The van der Waals surface area contributed by atoms with Crippen LogP contribution in [0.2, 0.25) is 0 Å². The van der Waals surface area contributed by atoms with Crippen LogP contribution in [0.4, 0.5) is 10.1 Å². The van der Waals surface area contributed by atoms with E-state index in [2.05, 4.69) is 31.3 Å². The predicted octanol–water partition coefficient (Wildman–Crippen LogP) is 8.38. The second-order valence-electron chi connectivity index (χ2n) is 14.6. The van der Waals surface area contributed by atoms with Gasteiger partial charge in [-0.25, -0.2) is 12.8 Å². The normalized spacial score (nSPS) is 14.1. The maximum absolute atomic E-state index is 15.7. The summed E-state index contributed by atoms with van der Waals surface area (Å²) in [7, 11) is -4.01. The van der Waals surface area contributed by atoms with Gasteiger partial charge in [-0.2, -0.15) is 5.26 Å². The lowest BCUT2D eigenvalue weighted by atomic mass is 9.96. The quantitative estimate of drug-likeness (QED) is 0.105. The molecule has 0 saturated heterocycles. The second kappa shape index (κ2) is 15.3. The van der Waals surface area contributed by atoms with Gasteiger partial charge in [-0.15, -0.1) is 21.5 Å². The number of benzene rings is 4. The topological polar surface area (TPSA) is 195 Å². The number of hydrogen-bond acceptors (Lipinski definition) is 9. The van der Waals surface area contributed by atoms with Gasteiger partial charge in [0.05, 0.1) is 39.8 Å². The SMILES string of the molecule is Cc1sc2c(c1C)C(c1ccc(-c3ccc(C(=O)NC(C)c4ccc(S(=O)(=O)Nc5ccc(C)c6c(C#N)c[nH]c56)cc4)cc3F)cc1)=N[C@@H](CC(=O)O)c1nnc(C)n1-2. The summed E-state index contributed by atoms with van der Waals surface area (Å²) in [5.41, 5.74) is 6.84. The van der Waals surface area contributed by atoms with Crippen LogP contribution >= 0.6 is 11.3 Å². The maximum atomic E-state index is 15.7. The lowest BCUT2D eigenvalue weighted by molar-refractivity contribution is -0.137. The number of aryl methyl sites for hydroxylation is 3. The van der Waals surface area contributed by atoms with E-state index in [1.165, 1.54) is 36.5 Å². The lowest BCUT2D eigenvalue weighted by Crippen LogP contribution is -2.26. The number of carboxylic acids is 1. The number of aliphatic imine (C=N–C) groups is 1. The number of amides is 1. The summed E-state index contributed by atoms with van der Waals surface area (Å²) >= 11 is 1.56. The highest BCUT2D eigenvalue weighted by atomic mass is 32.2. The molecule has 2 atom stereocenters. The van der Waals surface area contributed by atoms with Crippen LogP contribution in [-0.4, -0.2) is 50.9 Å². The van der Waals surface area contributed by atoms with Crippen molar-refractivity contribution >= 4 is 55.5 Å². The van der Waals surface area contributed by atoms with Crippen molar-refractivity contribution < 1.29 is 27.5 Å². The van der Waals surface area contributed by atoms with Crippen LogP contribution in [0.1, 0.15) is 85.7 Å². The first-order chi connectivity index (χ1) is 28.6. The fourth-order valence-corrected chi connectivity index (χ4v) is 9.77. The molecule has 0 spiro atoms. The van der Waals surface area contributed by atoms with Gasteiger partial charge >= 0.3 is 5.97 Å². The number of carboxylic acid groups (broad SMARTS) is 1. The number of aromatic nitrogens is 4. The minimum atomic E-state index is -4.01. The van der Waals surface area contributed by atoms with Crippen molar-refractivity contribution in [1.29, 1.82) is 5.26 Å². The number of nitriles is 1. The van der Waals surface area contributed by atoms with Crippen molar-refractivity contribution in [2.45, 2.75) is 58.0 Å². The second-order valence-corrected chi connectivity index (χ2v) is 17.5. The van der Waals surface area contributed by atoms with Crippen molar-refractivity contribution in [1.82, 2.24) is 25.1 Å². The van der Waals surface area contributed by atoms with Crippen LogP contribution in [0.25, 0.3) is 27.0 Å². The molecule has 60 heavy (non-hydrogen) atoms. The average molecular weight is 841 g/mol. The molecule has 0 fully saturated rings. The van der Waals surface area contributed by atoms with E-state index in [9.17, 15) is 28.4 Å². The molecule has 0 saturated carbocycles. The van der Waals surface area contributed by atoms with Crippen molar-refractivity contribution in [2.24, 2.45) is 4.99 Å². The highest BCUT2D eigenvalue weighted by Gasteiger charge is 2.32. The number of nitrogens with one attached hydrogen (secondary N) is 3. The van der Waals surface area contributed by atoms with E-state index in [1.807, 2.05) is 44.4 Å². The number of anilines is 1. The van der Waals surface area contributed by atoms with E-state index in [4.69, 9.17) is 4.99 Å². The molecule has 0 aliphatic carbocycles. The zero-order valence-electron chi connectivity index (χ0n) is 33.0. The number of H-pyrrole nitrogens is 1. The van der Waals surface area contributed by atoms with Gasteiger partial charge in [0.15, 0.2) is 5.82 Å². The number of aromatic amines is 1. The molecule has 16 heteroatoms. The number of rotatable bonds is 10. The number of carbonyl (C=O) groups excluding carboxylic acids is 1. The maximum Gasteiger partial charge on any atom is 0.306 e. The lowest BCUT2D eigenvalue weighted by Gasteiger charge is -2.16. The summed E-state index contributed by atoms with van der Waals surface area (Å²) < 4.78 is 46.9. The summed E-state index contributed by atoms with van der Waals surface area (Å²) in [6.45, 7) is 9.42. The Kier molecular flexibility index (Phi) is 10.2. The van der Waals surface area contributed by atoms with Gasteiger partial charge in [-0.1, -0.05) is 48.5 Å². The van der Waals surface area contributed by atoms with E-state index in [0.29, 0.717) is 50.6 Å². The van der Waals surface area contributed by atoms with E-state index in [1.54, 1.807) is 54.7 Å². The Bertz CT molecular complexity index is 3070. The zero-order chi connectivity index (χ0) is 42.6. The Hall–Kier alpha value is -6.96. The van der Waals surface area contributed by atoms with Crippen LogP contribution < -0.4 is 10.0 Å².